The van der Waals surface area contributed by atoms with E-state index in [1.807, 2.05) is 24.3 Å². The lowest BCUT2D eigenvalue weighted by Gasteiger charge is -2.12. The molecule has 1 aliphatic rings. The Labute approximate surface area is 119 Å². The lowest BCUT2D eigenvalue weighted by molar-refractivity contribution is 0.175. The van der Waals surface area contributed by atoms with Crippen LogP contribution in [0.25, 0.3) is 11.1 Å². The summed E-state index contributed by atoms with van der Waals surface area (Å²) in [7, 11) is 0. The summed E-state index contributed by atoms with van der Waals surface area (Å²) in [6.07, 6.45) is 0. The van der Waals surface area contributed by atoms with E-state index in [2.05, 4.69) is 24.3 Å². The van der Waals surface area contributed by atoms with Crippen LogP contribution < -0.4 is 0 Å². The number of ether oxygens (including phenoxy) is 1. The van der Waals surface area contributed by atoms with E-state index in [4.69, 9.17) is 4.74 Å². The van der Waals surface area contributed by atoms with Crippen LogP contribution in [0, 0.1) is 0 Å². The maximum atomic E-state index is 11.0. The minimum Gasteiger partial charge on any atom is -0.457 e. The van der Waals surface area contributed by atoms with Crippen molar-refractivity contribution in [1.82, 2.24) is 0 Å². The van der Waals surface area contributed by atoms with Crippen molar-refractivity contribution in [3.63, 3.8) is 0 Å². The Morgan fingerprint density at radius 1 is 1.00 bits per heavy atom. The monoisotopic (exact) mass is 350 g/mol. The first-order chi connectivity index (χ1) is 8.77. The molecule has 0 saturated heterocycles. The third-order valence-corrected chi connectivity index (χ3v) is 3.64. The van der Waals surface area contributed by atoms with Crippen molar-refractivity contribution in [2.75, 3.05) is 6.61 Å². The second-order valence-corrected chi connectivity index (χ2v) is 5.16. The highest BCUT2D eigenvalue weighted by atomic mass is 127. The van der Waals surface area contributed by atoms with Crippen molar-refractivity contribution < 1.29 is 9.53 Å². The first-order valence-electron chi connectivity index (χ1n) is 5.78. The van der Waals surface area contributed by atoms with Crippen LogP contribution in [0.5, 0.6) is 0 Å². The summed E-state index contributed by atoms with van der Waals surface area (Å²) >= 11 is 1.67. The fourth-order valence-electron chi connectivity index (χ4n) is 2.59. The van der Waals surface area contributed by atoms with Crippen LogP contribution in [-0.2, 0) is 4.74 Å². The summed E-state index contributed by atoms with van der Waals surface area (Å²) in [4.78, 5) is 11.0. The maximum absolute atomic E-state index is 11.0. The molecule has 90 valence electrons. The summed E-state index contributed by atoms with van der Waals surface area (Å²) in [5, 5.41) is 0. The van der Waals surface area contributed by atoms with E-state index in [9.17, 15) is 4.79 Å². The Morgan fingerprint density at radius 2 is 1.50 bits per heavy atom. The van der Waals surface area contributed by atoms with Gasteiger partial charge in [-0.3, -0.25) is 0 Å². The molecule has 2 aromatic carbocycles. The Morgan fingerprint density at radius 3 is 2.00 bits per heavy atom. The normalized spacial score (nSPS) is 12.9. The highest BCUT2D eigenvalue weighted by Crippen LogP contribution is 2.44. The Balaban J connectivity index is 2.06. The molecule has 0 unspecified atom stereocenters. The number of hydrogen-bond donors (Lipinski definition) is 0. The van der Waals surface area contributed by atoms with Gasteiger partial charge in [0, 0.05) is 5.92 Å². The molecule has 0 aliphatic heterocycles. The highest BCUT2D eigenvalue weighted by molar-refractivity contribution is 14.1. The number of rotatable bonds is 2. The van der Waals surface area contributed by atoms with Crippen molar-refractivity contribution >= 4 is 26.6 Å². The summed E-state index contributed by atoms with van der Waals surface area (Å²) in [6, 6.07) is 16.6. The second kappa shape index (κ2) is 4.72. The van der Waals surface area contributed by atoms with Crippen LogP contribution in [0.15, 0.2) is 48.5 Å². The predicted molar refractivity (Wildman–Crippen MR) is 79.1 cm³/mol. The lowest BCUT2D eigenvalue weighted by atomic mass is 9.98. The van der Waals surface area contributed by atoms with Crippen LogP contribution in [0.4, 0.5) is 4.79 Å². The Bertz CT molecular complexity index is 561. The molecule has 0 spiro atoms. The third-order valence-electron chi connectivity index (χ3n) is 3.33. The molecular formula is C15H11IO2. The van der Waals surface area contributed by atoms with Crippen molar-refractivity contribution in [3.8, 4) is 11.1 Å². The summed E-state index contributed by atoms with van der Waals surface area (Å²) in [5.41, 5.74) is 5.00. The first kappa shape index (κ1) is 11.7. The zero-order valence-corrected chi connectivity index (χ0v) is 11.8. The number of carbonyl (C=O) groups excluding carboxylic acids is 1. The summed E-state index contributed by atoms with van der Waals surface area (Å²) in [6.45, 7) is 0.413. The van der Waals surface area contributed by atoms with Gasteiger partial charge in [-0.1, -0.05) is 48.5 Å². The van der Waals surface area contributed by atoms with E-state index in [0.29, 0.717) is 6.61 Å². The van der Waals surface area contributed by atoms with E-state index in [1.54, 1.807) is 22.6 Å². The molecule has 2 nitrogen and oxygen atoms in total. The van der Waals surface area contributed by atoms with E-state index in [0.717, 1.165) is 0 Å². The molecule has 0 aromatic heterocycles. The zero-order valence-electron chi connectivity index (χ0n) is 9.60. The number of hydrogen-bond acceptors (Lipinski definition) is 2. The van der Waals surface area contributed by atoms with Crippen LogP contribution in [0.3, 0.4) is 0 Å². The van der Waals surface area contributed by atoms with E-state index < -0.39 is 0 Å². The minimum absolute atomic E-state index is 0.163. The quantitative estimate of drug-likeness (QED) is 0.594. The number of benzene rings is 2. The lowest BCUT2D eigenvalue weighted by Crippen LogP contribution is -2.07. The molecule has 3 rings (SSSR count). The van der Waals surface area contributed by atoms with E-state index >= 15 is 0 Å². The molecular weight excluding hydrogens is 339 g/mol. The largest absolute Gasteiger partial charge is 0.457 e. The summed E-state index contributed by atoms with van der Waals surface area (Å²) in [5.74, 6) is 0.163. The Hall–Kier alpha value is -1.36. The van der Waals surface area contributed by atoms with Gasteiger partial charge < -0.3 is 4.74 Å². The van der Waals surface area contributed by atoms with Crippen LogP contribution >= 0.6 is 22.6 Å². The first-order valence-corrected chi connectivity index (χ1v) is 6.85. The second-order valence-electron chi connectivity index (χ2n) is 4.28. The van der Waals surface area contributed by atoms with Crippen molar-refractivity contribution in [3.05, 3.63) is 59.7 Å². The molecule has 1 aliphatic carbocycles. The number of fused-ring (bicyclic) bond motifs is 3. The number of halogens is 1. The molecule has 0 N–H and O–H groups in total. The molecule has 0 heterocycles. The highest BCUT2D eigenvalue weighted by Gasteiger charge is 2.28. The van der Waals surface area contributed by atoms with Crippen molar-refractivity contribution in [2.45, 2.75) is 5.92 Å². The van der Waals surface area contributed by atoms with Gasteiger partial charge in [-0.2, -0.15) is 0 Å². The molecule has 0 atom stereocenters. The molecule has 0 radical (unpaired) electrons. The van der Waals surface area contributed by atoms with Gasteiger partial charge in [0.15, 0.2) is 0 Å². The number of carbonyl (C=O) groups is 1. The molecule has 0 saturated carbocycles. The Kier molecular flexibility index (Phi) is 3.07. The standard InChI is InChI=1S/C15H11IO2/c16-15(17)18-9-14-12-7-3-1-5-10(12)11-6-2-4-8-13(11)14/h1-8,14H,9H2. The maximum Gasteiger partial charge on any atom is 0.367 e. The molecule has 18 heavy (non-hydrogen) atoms. The fourth-order valence-corrected chi connectivity index (χ4v) is 2.77. The molecule has 0 fully saturated rings. The predicted octanol–water partition coefficient (Wildman–Crippen LogP) is 4.37. The van der Waals surface area contributed by atoms with Crippen LogP contribution in [0.1, 0.15) is 17.0 Å². The van der Waals surface area contributed by atoms with Gasteiger partial charge in [-0.05, 0) is 22.3 Å². The van der Waals surface area contributed by atoms with E-state index in [1.165, 1.54) is 22.3 Å². The van der Waals surface area contributed by atoms with Gasteiger partial charge in [0.05, 0.1) is 22.6 Å². The molecule has 3 heteroatoms. The van der Waals surface area contributed by atoms with Gasteiger partial charge in [-0.15, -0.1) is 0 Å². The van der Waals surface area contributed by atoms with Crippen LogP contribution in [-0.4, -0.2) is 10.6 Å². The average Bonchev–Trinajstić information content (AvgIpc) is 2.71. The van der Waals surface area contributed by atoms with Gasteiger partial charge in [0.25, 0.3) is 0 Å². The zero-order chi connectivity index (χ0) is 12.5. The smallest absolute Gasteiger partial charge is 0.367 e. The molecule has 2 aromatic rings. The van der Waals surface area contributed by atoms with Crippen LogP contribution in [0.2, 0.25) is 0 Å². The fraction of sp³-hybridized carbons (Fsp3) is 0.133. The van der Waals surface area contributed by atoms with Gasteiger partial charge in [0.1, 0.15) is 6.61 Å². The molecule has 0 amide bonds. The van der Waals surface area contributed by atoms with Gasteiger partial charge >= 0.3 is 3.98 Å². The SMILES string of the molecule is O=C(I)OCC1c2ccccc2-c2ccccc21. The third kappa shape index (κ3) is 1.92. The molecule has 0 bridgehead atoms. The minimum atomic E-state index is -0.255. The van der Waals surface area contributed by atoms with E-state index in [-0.39, 0.29) is 9.89 Å². The van der Waals surface area contributed by atoms with Gasteiger partial charge in [0.2, 0.25) is 0 Å². The average molecular weight is 350 g/mol. The topological polar surface area (TPSA) is 26.3 Å². The van der Waals surface area contributed by atoms with Crippen molar-refractivity contribution in [2.24, 2.45) is 0 Å². The summed E-state index contributed by atoms with van der Waals surface area (Å²) < 4.78 is 4.93. The van der Waals surface area contributed by atoms with Crippen molar-refractivity contribution in [1.29, 1.82) is 0 Å². The van der Waals surface area contributed by atoms with Gasteiger partial charge in [-0.25, -0.2) is 4.79 Å².